The Balaban J connectivity index is 2.35. The van der Waals surface area contributed by atoms with Gasteiger partial charge in [-0.1, -0.05) is 6.92 Å². The molecule has 10 heavy (non-hydrogen) atoms. The first-order chi connectivity index (χ1) is 4.79. The maximum atomic E-state index is 10.9. The van der Waals surface area contributed by atoms with E-state index in [4.69, 9.17) is 0 Å². The van der Waals surface area contributed by atoms with Crippen LogP contribution in [0.1, 0.15) is 13.3 Å². The van der Waals surface area contributed by atoms with Crippen molar-refractivity contribution >= 4 is 5.97 Å². The van der Waals surface area contributed by atoms with E-state index in [9.17, 15) is 4.79 Å². The molecule has 3 heteroatoms. The van der Waals surface area contributed by atoms with Crippen molar-refractivity contribution in [3.8, 4) is 0 Å². The van der Waals surface area contributed by atoms with Crippen LogP contribution in [0.3, 0.4) is 0 Å². The van der Waals surface area contributed by atoms with Crippen LogP contribution in [0.5, 0.6) is 0 Å². The normalized spacial score (nSPS) is 31.0. The fraction of sp³-hybridized carbons (Fsp3) is 0.857. The largest absolute Gasteiger partial charge is 0.469 e. The van der Waals surface area contributed by atoms with E-state index < -0.39 is 0 Å². The van der Waals surface area contributed by atoms with Gasteiger partial charge in [-0.2, -0.15) is 0 Å². The molecule has 0 radical (unpaired) electrons. The van der Waals surface area contributed by atoms with Crippen molar-refractivity contribution in [2.45, 2.75) is 19.4 Å². The van der Waals surface area contributed by atoms with Gasteiger partial charge in [0, 0.05) is 12.6 Å². The number of carbonyl (C=O) groups excluding carboxylic acids is 1. The molecule has 58 valence electrons. The lowest BCUT2D eigenvalue weighted by atomic mass is 9.90. The van der Waals surface area contributed by atoms with E-state index >= 15 is 0 Å². The molecule has 2 unspecified atom stereocenters. The number of esters is 1. The Morgan fingerprint density at radius 1 is 1.80 bits per heavy atom. The van der Waals surface area contributed by atoms with Gasteiger partial charge in [0.25, 0.3) is 0 Å². The summed E-state index contributed by atoms with van der Waals surface area (Å²) in [5.74, 6) is 0.0283. The van der Waals surface area contributed by atoms with Crippen LogP contribution in [-0.2, 0) is 9.53 Å². The van der Waals surface area contributed by atoms with Crippen LogP contribution in [0.15, 0.2) is 0 Å². The zero-order chi connectivity index (χ0) is 7.56. The molecule has 0 aromatic heterocycles. The SMILES string of the molecule is CCC1NCC1C(=O)OC. The van der Waals surface area contributed by atoms with E-state index in [-0.39, 0.29) is 11.9 Å². The fourth-order valence-electron chi connectivity index (χ4n) is 1.23. The summed E-state index contributed by atoms with van der Waals surface area (Å²) in [5, 5.41) is 3.16. The Morgan fingerprint density at radius 3 is 2.80 bits per heavy atom. The molecule has 0 aromatic carbocycles. The van der Waals surface area contributed by atoms with Crippen LogP contribution in [0.2, 0.25) is 0 Å². The van der Waals surface area contributed by atoms with Crippen molar-refractivity contribution in [3.63, 3.8) is 0 Å². The number of carbonyl (C=O) groups is 1. The van der Waals surface area contributed by atoms with Crippen LogP contribution in [0, 0.1) is 5.92 Å². The smallest absolute Gasteiger partial charge is 0.311 e. The summed E-state index contributed by atoms with van der Waals surface area (Å²) in [6, 6.07) is 0.354. The highest BCUT2D eigenvalue weighted by molar-refractivity contribution is 5.74. The van der Waals surface area contributed by atoms with Gasteiger partial charge in [0.15, 0.2) is 0 Å². The number of nitrogens with one attached hydrogen (secondary N) is 1. The molecule has 1 N–H and O–H groups in total. The molecule has 1 fully saturated rings. The quantitative estimate of drug-likeness (QED) is 0.559. The zero-order valence-corrected chi connectivity index (χ0v) is 6.39. The van der Waals surface area contributed by atoms with Gasteiger partial charge in [-0.25, -0.2) is 0 Å². The van der Waals surface area contributed by atoms with E-state index in [1.807, 2.05) is 0 Å². The van der Waals surface area contributed by atoms with Crippen LogP contribution in [0.4, 0.5) is 0 Å². The van der Waals surface area contributed by atoms with E-state index in [1.165, 1.54) is 7.11 Å². The summed E-state index contributed by atoms with van der Waals surface area (Å²) in [4.78, 5) is 10.9. The van der Waals surface area contributed by atoms with Gasteiger partial charge < -0.3 is 10.1 Å². The number of hydrogen-bond acceptors (Lipinski definition) is 3. The second-order valence-electron chi connectivity index (χ2n) is 2.55. The minimum Gasteiger partial charge on any atom is -0.469 e. The first-order valence-corrected chi connectivity index (χ1v) is 3.60. The molecule has 0 bridgehead atoms. The molecule has 2 atom stereocenters. The Kier molecular flexibility index (Phi) is 2.27. The number of rotatable bonds is 2. The second-order valence-corrected chi connectivity index (χ2v) is 2.55. The molecular weight excluding hydrogens is 130 g/mol. The van der Waals surface area contributed by atoms with E-state index in [1.54, 1.807) is 0 Å². The fourth-order valence-corrected chi connectivity index (χ4v) is 1.23. The monoisotopic (exact) mass is 143 g/mol. The van der Waals surface area contributed by atoms with Crippen molar-refractivity contribution in [1.82, 2.24) is 5.32 Å². The van der Waals surface area contributed by atoms with E-state index in [0.29, 0.717) is 6.04 Å². The molecule has 0 saturated carbocycles. The molecule has 3 nitrogen and oxygen atoms in total. The van der Waals surface area contributed by atoms with Crippen LogP contribution >= 0.6 is 0 Å². The Morgan fingerprint density at radius 2 is 2.50 bits per heavy atom. The van der Waals surface area contributed by atoms with Crippen LogP contribution in [-0.4, -0.2) is 25.7 Å². The minimum atomic E-state index is -0.0781. The van der Waals surface area contributed by atoms with Gasteiger partial charge in [-0.15, -0.1) is 0 Å². The lowest BCUT2D eigenvalue weighted by molar-refractivity contribution is -0.149. The van der Waals surface area contributed by atoms with Gasteiger partial charge in [-0.3, -0.25) is 4.79 Å². The predicted octanol–water partition coefficient (Wildman–Crippen LogP) is 0.157. The first kappa shape index (κ1) is 7.54. The first-order valence-electron chi connectivity index (χ1n) is 3.60. The summed E-state index contributed by atoms with van der Waals surface area (Å²) in [7, 11) is 1.44. The number of hydrogen-bond donors (Lipinski definition) is 1. The maximum Gasteiger partial charge on any atom is 0.311 e. The highest BCUT2D eigenvalue weighted by Gasteiger charge is 2.35. The van der Waals surface area contributed by atoms with Gasteiger partial charge in [0.05, 0.1) is 13.0 Å². The molecule has 0 aliphatic carbocycles. The maximum absolute atomic E-state index is 10.9. The molecule has 0 aromatic rings. The molecule has 1 aliphatic heterocycles. The third-order valence-corrected chi connectivity index (χ3v) is 2.03. The topological polar surface area (TPSA) is 38.3 Å². The predicted molar refractivity (Wildman–Crippen MR) is 37.6 cm³/mol. The third-order valence-electron chi connectivity index (χ3n) is 2.03. The van der Waals surface area contributed by atoms with Gasteiger partial charge >= 0.3 is 5.97 Å². The third kappa shape index (κ3) is 1.14. The summed E-state index contributed by atoms with van der Waals surface area (Å²) in [5.41, 5.74) is 0. The van der Waals surface area contributed by atoms with Crippen molar-refractivity contribution < 1.29 is 9.53 Å². The molecule has 1 aliphatic rings. The molecular formula is C7H13NO2. The minimum absolute atomic E-state index is 0.0781. The Hall–Kier alpha value is -0.570. The molecule has 0 amide bonds. The highest BCUT2D eigenvalue weighted by Crippen LogP contribution is 2.16. The number of ether oxygens (including phenoxy) is 1. The average molecular weight is 143 g/mol. The van der Waals surface area contributed by atoms with E-state index in [2.05, 4.69) is 17.0 Å². The molecule has 0 spiro atoms. The lowest BCUT2D eigenvalue weighted by Crippen LogP contribution is -2.56. The summed E-state index contributed by atoms with van der Waals surface area (Å²) < 4.78 is 4.61. The van der Waals surface area contributed by atoms with Gasteiger partial charge in [-0.05, 0) is 6.42 Å². The Bertz CT molecular complexity index is 134. The number of methoxy groups -OCH3 is 1. The van der Waals surface area contributed by atoms with Crippen molar-refractivity contribution in [2.75, 3.05) is 13.7 Å². The van der Waals surface area contributed by atoms with Crippen molar-refractivity contribution in [2.24, 2.45) is 5.92 Å². The van der Waals surface area contributed by atoms with Crippen molar-refractivity contribution in [3.05, 3.63) is 0 Å². The second kappa shape index (κ2) is 3.01. The average Bonchev–Trinajstić information content (AvgIpc) is 1.86. The highest BCUT2D eigenvalue weighted by atomic mass is 16.5. The van der Waals surface area contributed by atoms with Gasteiger partial charge in [0.2, 0.25) is 0 Å². The van der Waals surface area contributed by atoms with Crippen molar-refractivity contribution in [1.29, 1.82) is 0 Å². The van der Waals surface area contributed by atoms with Crippen LogP contribution < -0.4 is 5.32 Å². The van der Waals surface area contributed by atoms with E-state index in [0.717, 1.165) is 13.0 Å². The summed E-state index contributed by atoms with van der Waals surface area (Å²) in [6.07, 6.45) is 1.000. The molecule has 1 heterocycles. The molecule has 1 saturated heterocycles. The summed E-state index contributed by atoms with van der Waals surface area (Å²) >= 11 is 0. The van der Waals surface area contributed by atoms with Gasteiger partial charge in [0.1, 0.15) is 0 Å². The van der Waals surface area contributed by atoms with Crippen LogP contribution in [0.25, 0.3) is 0 Å². The zero-order valence-electron chi connectivity index (χ0n) is 6.39. The summed E-state index contributed by atoms with van der Waals surface area (Å²) in [6.45, 7) is 2.85. The molecule has 1 rings (SSSR count). The standard InChI is InChI=1S/C7H13NO2/c1-3-6-5(4-8-6)7(9)10-2/h5-6,8H,3-4H2,1-2H3. The lowest BCUT2D eigenvalue weighted by Gasteiger charge is -2.34. The Labute approximate surface area is 60.7 Å².